The second-order valence-corrected chi connectivity index (χ2v) is 13.7. The number of likely N-dealkylation sites (tertiary alicyclic amines) is 1. The predicted molar refractivity (Wildman–Crippen MR) is 153 cm³/mol. The molecular weight excluding hydrogens is 560 g/mol. The largest absolute Gasteiger partial charge is 0.495 e. The van der Waals surface area contributed by atoms with Gasteiger partial charge in [-0.05, 0) is 55.5 Å². The zero-order valence-electron chi connectivity index (χ0n) is 23.6. The average molecular weight is 593 g/mol. The molecule has 1 saturated carbocycles. The number of hydrogen-bond donors (Lipinski definition) is 1. The second kappa shape index (κ2) is 8.87. The van der Waals surface area contributed by atoms with Crippen LogP contribution in [0.25, 0.3) is 11.3 Å². The lowest BCUT2D eigenvalue weighted by molar-refractivity contribution is -0.209. The van der Waals surface area contributed by atoms with Crippen LogP contribution in [0.5, 0.6) is 11.5 Å². The number of fused-ring (bicyclic) bond motifs is 4. The van der Waals surface area contributed by atoms with Crippen LogP contribution in [0.1, 0.15) is 47.2 Å². The molecule has 12 heteroatoms. The molecule has 0 unspecified atom stereocenters. The molecule has 220 valence electrons. The van der Waals surface area contributed by atoms with E-state index >= 15 is 0 Å². The summed E-state index contributed by atoms with van der Waals surface area (Å²) in [6.45, 7) is 3.79. The highest BCUT2D eigenvalue weighted by atomic mass is 32.2. The summed E-state index contributed by atoms with van der Waals surface area (Å²) in [5.41, 5.74) is 4.14. The van der Waals surface area contributed by atoms with Crippen molar-refractivity contribution in [2.45, 2.75) is 48.0 Å². The van der Waals surface area contributed by atoms with Gasteiger partial charge in [0.05, 0.1) is 33.9 Å². The van der Waals surface area contributed by atoms with E-state index in [1.165, 1.54) is 38.3 Å². The molecule has 2 spiro atoms. The highest BCUT2D eigenvalue weighted by Gasteiger charge is 2.52. The first-order chi connectivity index (χ1) is 20.2. The molecule has 8 rings (SSSR count). The van der Waals surface area contributed by atoms with Gasteiger partial charge in [-0.2, -0.15) is 0 Å². The monoisotopic (exact) mass is 592 g/mol. The maximum absolute atomic E-state index is 13.9. The van der Waals surface area contributed by atoms with Crippen LogP contribution in [0.4, 0.5) is 11.5 Å². The molecular formula is C30H32N4O7S. The fourth-order valence-corrected chi connectivity index (χ4v) is 8.14. The van der Waals surface area contributed by atoms with Crippen LogP contribution in [0.15, 0.2) is 39.8 Å². The third-order valence-corrected chi connectivity index (χ3v) is 11.0. The van der Waals surface area contributed by atoms with E-state index in [4.69, 9.17) is 18.7 Å². The van der Waals surface area contributed by atoms with Gasteiger partial charge in [-0.3, -0.25) is 9.52 Å². The molecule has 5 aliphatic rings. The van der Waals surface area contributed by atoms with Crippen molar-refractivity contribution in [1.82, 2.24) is 10.1 Å². The molecule has 11 nitrogen and oxygen atoms in total. The summed E-state index contributed by atoms with van der Waals surface area (Å²) >= 11 is 0. The molecule has 0 bridgehead atoms. The summed E-state index contributed by atoms with van der Waals surface area (Å²) < 4.78 is 52.9. The Labute approximate surface area is 243 Å². The number of nitrogens with zero attached hydrogens (tertiary/aromatic N) is 3. The van der Waals surface area contributed by atoms with Gasteiger partial charge < -0.3 is 28.5 Å². The number of carbonyl (C=O) groups is 1. The average Bonchev–Trinajstić information content (AvgIpc) is 3.57. The summed E-state index contributed by atoms with van der Waals surface area (Å²) in [5, 5.41) is 4.20. The first kappa shape index (κ1) is 25.9. The Balaban J connectivity index is 1.12. The minimum Gasteiger partial charge on any atom is -0.495 e. The SMILES string of the molecule is COc1cc(C(=O)N2CC3(CCO3)C2)cc(OC)c1S(=O)(=O)Nc1noc2c1CC1(CC1)c1ccc(N3CCC3)cc1-2. The Morgan fingerprint density at radius 3 is 2.33 bits per heavy atom. The van der Waals surface area contributed by atoms with Gasteiger partial charge in [0.15, 0.2) is 16.5 Å². The van der Waals surface area contributed by atoms with Gasteiger partial charge in [-0.15, -0.1) is 0 Å². The molecule has 1 N–H and O–H groups in total. The molecule has 42 heavy (non-hydrogen) atoms. The predicted octanol–water partition coefficient (Wildman–Crippen LogP) is 3.57. The van der Waals surface area contributed by atoms with Crippen molar-refractivity contribution in [1.29, 1.82) is 0 Å². The number of hydrogen-bond acceptors (Lipinski definition) is 9. The Bertz CT molecular complexity index is 1700. The zero-order chi connectivity index (χ0) is 28.9. The van der Waals surface area contributed by atoms with Gasteiger partial charge in [0.25, 0.3) is 15.9 Å². The summed E-state index contributed by atoms with van der Waals surface area (Å²) in [4.78, 5) is 17.0. The third-order valence-electron chi connectivity index (χ3n) is 9.62. The summed E-state index contributed by atoms with van der Waals surface area (Å²) in [6, 6.07) is 9.41. The number of sulfonamides is 1. The van der Waals surface area contributed by atoms with Crippen molar-refractivity contribution in [3.63, 3.8) is 0 Å². The first-order valence-corrected chi connectivity index (χ1v) is 15.8. The molecule has 0 radical (unpaired) electrons. The maximum Gasteiger partial charge on any atom is 0.270 e. The molecule has 4 heterocycles. The summed E-state index contributed by atoms with van der Waals surface area (Å²) in [7, 11) is -1.53. The van der Waals surface area contributed by atoms with E-state index in [0.29, 0.717) is 31.9 Å². The van der Waals surface area contributed by atoms with Crippen molar-refractivity contribution in [3.05, 3.63) is 47.0 Å². The van der Waals surface area contributed by atoms with E-state index in [1.54, 1.807) is 4.90 Å². The van der Waals surface area contributed by atoms with Crippen LogP contribution in [-0.2, 0) is 26.6 Å². The molecule has 2 aliphatic carbocycles. The molecule has 3 aromatic rings. The van der Waals surface area contributed by atoms with E-state index in [0.717, 1.165) is 49.2 Å². The fourth-order valence-electron chi connectivity index (χ4n) is 6.81. The van der Waals surface area contributed by atoms with Crippen molar-refractivity contribution < 1.29 is 31.9 Å². The lowest BCUT2D eigenvalue weighted by Crippen LogP contribution is -2.69. The van der Waals surface area contributed by atoms with Crippen molar-refractivity contribution in [2.24, 2.45) is 0 Å². The quantitative estimate of drug-likeness (QED) is 0.439. The summed E-state index contributed by atoms with van der Waals surface area (Å²) in [5.74, 6) is 0.528. The van der Waals surface area contributed by atoms with Gasteiger partial charge in [0.1, 0.15) is 17.1 Å². The topological polar surface area (TPSA) is 123 Å². The van der Waals surface area contributed by atoms with E-state index in [2.05, 4.69) is 33.0 Å². The van der Waals surface area contributed by atoms with Gasteiger partial charge in [0.2, 0.25) is 0 Å². The van der Waals surface area contributed by atoms with Crippen LogP contribution < -0.4 is 19.1 Å². The number of rotatable bonds is 7. The molecule has 3 aliphatic heterocycles. The summed E-state index contributed by atoms with van der Waals surface area (Å²) in [6.07, 6.45) is 4.81. The Morgan fingerprint density at radius 2 is 1.76 bits per heavy atom. The molecule has 1 aromatic heterocycles. The van der Waals surface area contributed by atoms with Crippen LogP contribution in [0.3, 0.4) is 0 Å². The van der Waals surface area contributed by atoms with Gasteiger partial charge in [0, 0.05) is 47.3 Å². The molecule has 0 atom stereocenters. The standard InChI is InChI=1S/C30H32N4O7S/c1-38-23-12-18(28(35)34-16-30(17-34)8-11-40-30)13-24(39-2)26(23)42(36,37)32-27-21-15-29(6-7-29)22-5-4-19(33-9-3-10-33)14-20(22)25(21)41-31-27/h4-5,12-14H,3,6-11,15-17H2,1-2H3,(H,31,32). The van der Waals surface area contributed by atoms with E-state index in [-0.39, 0.29) is 44.7 Å². The van der Waals surface area contributed by atoms with Gasteiger partial charge in [-0.25, -0.2) is 8.42 Å². The zero-order valence-corrected chi connectivity index (χ0v) is 24.4. The Morgan fingerprint density at radius 1 is 1.05 bits per heavy atom. The van der Waals surface area contributed by atoms with Crippen LogP contribution >= 0.6 is 0 Å². The normalized spacial score (nSPS) is 20.6. The van der Waals surface area contributed by atoms with Crippen molar-refractivity contribution in [2.75, 3.05) is 56.6 Å². The maximum atomic E-state index is 13.9. The molecule has 4 fully saturated rings. The van der Waals surface area contributed by atoms with Crippen LogP contribution in [0, 0.1) is 0 Å². The number of methoxy groups -OCH3 is 2. The highest BCUT2D eigenvalue weighted by Crippen LogP contribution is 2.59. The van der Waals surface area contributed by atoms with Crippen LogP contribution in [-0.4, -0.2) is 77.0 Å². The Kier molecular flexibility index (Phi) is 5.47. The highest BCUT2D eigenvalue weighted by molar-refractivity contribution is 7.93. The lowest BCUT2D eigenvalue weighted by Gasteiger charge is -2.55. The minimum absolute atomic E-state index is 0.000826. The number of ether oxygens (including phenoxy) is 3. The number of aromatic nitrogens is 1. The van der Waals surface area contributed by atoms with E-state index in [9.17, 15) is 13.2 Å². The molecule has 3 saturated heterocycles. The van der Waals surface area contributed by atoms with Gasteiger partial charge in [-0.1, -0.05) is 11.2 Å². The minimum atomic E-state index is -4.26. The van der Waals surface area contributed by atoms with Crippen LogP contribution in [0.2, 0.25) is 0 Å². The molecule has 2 aromatic carbocycles. The fraction of sp³-hybridized carbons (Fsp3) is 0.467. The number of nitrogens with one attached hydrogen (secondary N) is 1. The number of carbonyl (C=O) groups excluding carboxylic acids is 1. The first-order valence-electron chi connectivity index (χ1n) is 14.4. The second-order valence-electron chi connectivity index (χ2n) is 12.1. The van der Waals surface area contributed by atoms with Gasteiger partial charge >= 0.3 is 0 Å². The number of benzene rings is 2. The van der Waals surface area contributed by atoms with E-state index in [1.807, 2.05) is 0 Å². The molecule has 1 amide bonds. The number of amides is 1. The van der Waals surface area contributed by atoms with E-state index < -0.39 is 10.0 Å². The third kappa shape index (κ3) is 3.77. The number of anilines is 2. The van der Waals surface area contributed by atoms with Crippen molar-refractivity contribution in [3.8, 4) is 22.8 Å². The Hall–Kier alpha value is -3.77. The lowest BCUT2D eigenvalue weighted by atomic mass is 9.79. The smallest absolute Gasteiger partial charge is 0.270 e. The van der Waals surface area contributed by atoms with Crippen molar-refractivity contribution >= 4 is 27.4 Å².